The molecule has 0 aromatic heterocycles. The topological polar surface area (TPSA) is 107 Å². The van der Waals surface area contributed by atoms with Crippen molar-refractivity contribution in [3.8, 4) is 0 Å². The third kappa shape index (κ3) is 1.58. The van der Waals surface area contributed by atoms with Crippen LogP contribution in [0.25, 0.3) is 0 Å². The number of amides is 2. The highest BCUT2D eigenvalue weighted by Crippen LogP contribution is 2.02. The van der Waals surface area contributed by atoms with Gasteiger partial charge in [-0.1, -0.05) is 0 Å². The first-order chi connectivity index (χ1) is 5.11. The van der Waals surface area contributed by atoms with Crippen molar-refractivity contribution in [1.29, 1.82) is 0 Å². The summed E-state index contributed by atoms with van der Waals surface area (Å²) in [7, 11) is 0. The lowest BCUT2D eigenvalue weighted by Crippen LogP contribution is -2.68. The van der Waals surface area contributed by atoms with Gasteiger partial charge in [-0.25, -0.2) is 4.79 Å². The van der Waals surface area contributed by atoms with Gasteiger partial charge in [-0.3, -0.25) is 4.79 Å². The van der Waals surface area contributed by atoms with E-state index in [0.29, 0.717) is 0 Å². The van der Waals surface area contributed by atoms with Crippen LogP contribution >= 0.6 is 0 Å². The second-order valence-corrected chi connectivity index (χ2v) is 2.27. The molecule has 2 amide bonds. The highest BCUT2D eigenvalue weighted by atomic mass is 16.5. The van der Waals surface area contributed by atoms with Crippen LogP contribution in [0.15, 0.2) is 0 Å². The SMILES string of the molecule is NC(=O)OCC1NC(=O)C1N. The third-order valence-electron chi connectivity index (χ3n) is 1.47. The minimum atomic E-state index is -0.863. The van der Waals surface area contributed by atoms with Crippen LogP contribution < -0.4 is 16.8 Å². The number of hydrogen-bond acceptors (Lipinski definition) is 4. The number of primary amides is 1. The summed E-state index contributed by atoms with van der Waals surface area (Å²) in [6.45, 7) is 0.0439. The molecule has 0 spiro atoms. The Morgan fingerprint density at radius 3 is 2.73 bits per heavy atom. The van der Waals surface area contributed by atoms with E-state index in [9.17, 15) is 9.59 Å². The molecular weight excluding hydrogens is 150 g/mol. The number of nitrogens with two attached hydrogens (primary N) is 2. The van der Waals surface area contributed by atoms with E-state index in [-0.39, 0.29) is 18.6 Å². The molecule has 0 aromatic carbocycles. The molecule has 2 atom stereocenters. The van der Waals surface area contributed by atoms with E-state index in [1.165, 1.54) is 0 Å². The summed E-state index contributed by atoms with van der Waals surface area (Å²) in [6, 6.07) is -0.857. The average Bonchev–Trinajstić information content (AvgIpc) is 1.96. The van der Waals surface area contributed by atoms with Crippen molar-refractivity contribution < 1.29 is 14.3 Å². The van der Waals surface area contributed by atoms with Crippen molar-refractivity contribution in [2.45, 2.75) is 12.1 Å². The van der Waals surface area contributed by atoms with Crippen molar-refractivity contribution >= 4 is 12.0 Å². The fourth-order valence-electron chi connectivity index (χ4n) is 0.772. The van der Waals surface area contributed by atoms with Crippen LogP contribution in [0.1, 0.15) is 0 Å². The van der Waals surface area contributed by atoms with Gasteiger partial charge in [0.25, 0.3) is 0 Å². The molecule has 6 nitrogen and oxygen atoms in total. The maximum atomic E-state index is 10.5. The maximum absolute atomic E-state index is 10.5. The molecule has 2 unspecified atom stereocenters. The van der Waals surface area contributed by atoms with Gasteiger partial charge >= 0.3 is 6.09 Å². The summed E-state index contributed by atoms with van der Waals surface area (Å²) in [5, 5.41) is 2.45. The van der Waals surface area contributed by atoms with Crippen LogP contribution in [0.2, 0.25) is 0 Å². The number of hydrogen-bond donors (Lipinski definition) is 3. The van der Waals surface area contributed by atoms with Crippen LogP contribution in [-0.2, 0) is 9.53 Å². The van der Waals surface area contributed by atoms with Crippen molar-refractivity contribution in [3.63, 3.8) is 0 Å². The van der Waals surface area contributed by atoms with Crippen LogP contribution in [0, 0.1) is 0 Å². The number of ether oxygens (including phenoxy) is 1. The largest absolute Gasteiger partial charge is 0.447 e. The Kier molecular flexibility index (Phi) is 1.95. The quantitative estimate of drug-likeness (QED) is 0.401. The standard InChI is InChI=1S/C5H9N3O3/c6-3-2(8-4(3)9)1-11-5(7)10/h2-3H,1,6H2,(H2,7,10)(H,8,9). The van der Waals surface area contributed by atoms with Crippen molar-refractivity contribution in [2.75, 3.05) is 6.61 Å². The fourth-order valence-corrected chi connectivity index (χ4v) is 0.772. The van der Waals surface area contributed by atoms with Gasteiger partial charge in [-0.05, 0) is 0 Å². The average molecular weight is 159 g/mol. The molecule has 0 bridgehead atoms. The summed E-state index contributed by atoms with van der Waals surface area (Å²) in [5.41, 5.74) is 9.99. The third-order valence-corrected chi connectivity index (χ3v) is 1.47. The van der Waals surface area contributed by atoms with E-state index in [2.05, 4.69) is 15.8 Å². The van der Waals surface area contributed by atoms with Gasteiger partial charge < -0.3 is 21.5 Å². The van der Waals surface area contributed by atoms with E-state index < -0.39 is 12.1 Å². The molecule has 1 aliphatic rings. The lowest BCUT2D eigenvalue weighted by atomic mass is 10.0. The minimum absolute atomic E-state index is 0.0439. The lowest BCUT2D eigenvalue weighted by Gasteiger charge is -2.32. The van der Waals surface area contributed by atoms with Gasteiger partial charge in [-0.2, -0.15) is 0 Å². The molecule has 1 heterocycles. The molecule has 6 heteroatoms. The van der Waals surface area contributed by atoms with Gasteiger partial charge in [0.15, 0.2) is 0 Å². The molecule has 0 saturated carbocycles. The Labute approximate surface area is 62.9 Å². The van der Waals surface area contributed by atoms with Crippen LogP contribution in [-0.4, -0.2) is 30.7 Å². The van der Waals surface area contributed by atoms with Gasteiger partial charge in [-0.15, -0.1) is 0 Å². The summed E-state index contributed by atoms with van der Waals surface area (Å²) in [5.74, 6) is -0.233. The molecule has 1 aliphatic heterocycles. The first kappa shape index (κ1) is 7.80. The minimum Gasteiger partial charge on any atom is -0.447 e. The summed E-state index contributed by atoms with van der Waals surface area (Å²) in [4.78, 5) is 20.6. The Balaban J connectivity index is 2.20. The van der Waals surface area contributed by atoms with Crippen LogP contribution in [0.4, 0.5) is 4.79 Å². The second kappa shape index (κ2) is 2.75. The predicted molar refractivity (Wildman–Crippen MR) is 35.4 cm³/mol. The Hall–Kier alpha value is -1.30. The highest BCUT2D eigenvalue weighted by Gasteiger charge is 2.36. The predicted octanol–water partition coefficient (Wildman–Crippen LogP) is -2.09. The lowest BCUT2D eigenvalue weighted by molar-refractivity contribution is -0.131. The monoisotopic (exact) mass is 159 g/mol. The van der Waals surface area contributed by atoms with Crippen molar-refractivity contribution in [1.82, 2.24) is 5.32 Å². The normalized spacial score (nSPS) is 28.6. The first-order valence-electron chi connectivity index (χ1n) is 3.09. The van der Waals surface area contributed by atoms with Crippen molar-refractivity contribution in [2.24, 2.45) is 11.5 Å². The molecule has 1 rings (SSSR count). The van der Waals surface area contributed by atoms with Gasteiger partial charge in [0.1, 0.15) is 12.6 Å². The molecule has 1 saturated heterocycles. The molecule has 11 heavy (non-hydrogen) atoms. The van der Waals surface area contributed by atoms with Crippen LogP contribution in [0.3, 0.4) is 0 Å². The second-order valence-electron chi connectivity index (χ2n) is 2.27. The molecule has 5 N–H and O–H groups in total. The highest BCUT2D eigenvalue weighted by molar-refractivity contribution is 5.89. The number of rotatable bonds is 2. The molecule has 62 valence electrons. The molecule has 1 fully saturated rings. The molecule has 0 radical (unpaired) electrons. The fraction of sp³-hybridized carbons (Fsp3) is 0.600. The van der Waals surface area contributed by atoms with Crippen LogP contribution in [0.5, 0.6) is 0 Å². The Morgan fingerprint density at radius 1 is 1.73 bits per heavy atom. The zero-order chi connectivity index (χ0) is 8.43. The summed E-state index contributed by atoms with van der Waals surface area (Å²) >= 11 is 0. The van der Waals surface area contributed by atoms with E-state index in [4.69, 9.17) is 5.73 Å². The van der Waals surface area contributed by atoms with Crippen molar-refractivity contribution in [3.05, 3.63) is 0 Å². The molecule has 0 aromatic rings. The van der Waals surface area contributed by atoms with E-state index >= 15 is 0 Å². The summed E-state index contributed by atoms with van der Waals surface area (Å²) < 4.78 is 4.41. The van der Waals surface area contributed by atoms with Gasteiger partial charge in [0.05, 0.1) is 6.04 Å². The number of carbonyl (C=O) groups is 2. The van der Waals surface area contributed by atoms with E-state index in [1.54, 1.807) is 0 Å². The van der Waals surface area contributed by atoms with E-state index in [1.807, 2.05) is 0 Å². The first-order valence-corrected chi connectivity index (χ1v) is 3.09. The smallest absolute Gasteiger partial charge is 0.404 e. The van der Waals surface area contributed by atoms with E-state index in [0.717, 1.165) is 0 Å². The maximum Gasteiger partial charge on any atom is 0.404 e. The van der Waals surface area contributed by atoms with Gasteiger partial charge in [0, 0.05) is 0 Å². The zero-order valence-corrected chi connectivity index (χ0v) is 5.74. The number of β-lactam (4-membered cyclic amide) rings is 1. The Morgan fingerprint density at radius 2 is 2.36 bits per heavy atom. The zero-order valence-electron chi connectivity index (χ0n) is 5.74. The van der Waals surface area contributed by atoms with Gasteiger partial charge in [0.2, 0.25) is 5.91 Å². The Bertz CT molecular complexity index is 193. The number of carbonyl (C=O) groups excluding carboxylic acids is 2. The molecule has 0 aliphatic carbocycles. The summed E-state index contributed by atoms with van der Waals surface area (Å²) in [6.07, 6.45) is -0.863. The molecular formula is C5H9N3O3. The number of nitrogens with one attached hydrogen (secondary N) is 1.